The standard InChI is InChI=1S/C22H21N3O2S2/c26-20(16-10-14-28-15-16)24-17-8-12-25(13-9-17)22(27)19-7-4-11-23-21(19)29-18-5-2-1-3-6-18/h1-7,10-11,14-15,17H,8-9,12-13H2,(H,24,26). The van der Waals surface area contributed by atoms with E-state index in [1.54, 1.807) is 12.3 Å². The van der Waals surface area contributed by atoms with Crippen molar-refractivity contribution in [1.82, 2.24) is 15.2 Å². The molecule has 2 amide bonds. The molecule has 7 heteroatoms. The minimum Gasteiger partial charge on any atom is -0.349 e. The SMILES string of the molecule is O=C(NC1CCN(C(=O)c2cccnc2Sc2ccccc2)CC1)c1ccsc1. The van der Waals surface area contributed by atoms with E-state index < -0.39 is 0 Å². The molecule has 4 rings (SSSR count). The number of pyridine rings is 1. The number of amides is 2. The maximum absolute atomic E-state index is 13.1. The number of hydrogen-bond donors (Lipinski definition) is 1. The summed E-state index contributed by atoms with van der Waals surface area (Å²) < 4.78 is 0. The summed E-state index contributed by atoms with van der Waals surface area (Å²) in [6.45, 7) is 1.25. The van der Waals surface area contributed by atoms with Crippen LogP contribution in [0.4, 0.5) is 0 Å². The molecule has 0 saturated carbocycles. The normalized spacial score (nSPS) is 14.6. The van der Waals surface area contributed by atoms with Crippen molar-refractivity contribution in [3.8, 4) is 0 Å². The summed E-state index contributed by atoms with van der Waals surface area (Å²) in [5.74, 6) is -0.0380. The second-order valence-electron chi connectivity index (χ2n) is 6.82. The highest BCUT2D eigenvalue weighted by atomic mass is 32.2. The third kappa shape index (κ3) is 4.86. The Hall–Kier alpha value is -2.64. The first-order chi connectivity index (χ1) is 14.2. The van der Waals surface area contributed by atoms with Gasteiger partial charge >= 0.3 is 0 Å². The molecular weight excluding hydrogens is 402 g/mol. The first kappa shape index (κ1) is 19.7. The summed E-state index contributed by atoms with van der Waals surface area (Å²) in [4.78, 5) is 32.7. The summed E-state index contributed by atoms with van der Waals surface area (Å²) in [6.07, 6.45) is 3.22. The van der Waals surface area contributed by atoms with Gasteiger partial charge in [0.25, 0.3) is 11.8 Å². The Balaban J connectivity index is 1.38. The van der Waals surface area contributed by atoms with E-state index >= 15 is 0 Å². The average Bonchev–Trinajstić information content (AvgIpc) is 3.30. The lowest BCUT2D eigenvalue weighted by atomic mass is 10.0. The fourth-order valence-electron chi connectivity index (χ4n) is 3.29. The van der Waals surface area contributed by atoms with E-state index in [4.69, 9.17) is 0 Å². The molecule has 0 radical (unpaired) electrons. The molecule has 0 unspecified atom stereocenters. The number of aromatic nitrogens is 1. The number of thiophene rings is 1. The Morgan fingerprint density at radius 2 is 1.86 bits per heavy atom. The largest absolute Gasteiger partial charge is 0.349 e. The molecule has 1 N–H and O–H groups in total. The van der Waals surface area contributed by atoms with E-state index in [2.05, 4.69) is 10.3 Å². The zero-order valence-electron chi connectivity index (χ0n) is 15.8. The third-order valence-electron chi connectivity index (χ3n) is 4.86. The fraction of sp³-hybridized carbons (Fsp3) is 0.227. The monoisotopic (exact) mass is 423 g/mol. The first-order valence-electron chi connectivity index (χ1n) is 9.51. The fourth-order valence-corrected chi connectivity index (χ4v) is 4.83. The zero-order valence-corrected chi connectivity index (χ0v) is 17.4. The Morgan fingerprint density at radius 1 is 1.07 bits per heavy atom. The van der Waals surface area contributed by atoms with Gasteiger partial charge in [0.15, 0.2) is 0 Å². The lowest BCUT2D eigenvalue weighted by molar-refractivity contribution is 0.0694. The lowest BCUT2D eigenvalue weighted by Gasteiger charge is -2.32. The number of likely N-dealkylation sites (tertiary alicyclic amines) is 1. The molecule has 2 aromatic heterocycles. The molecule has 1 saturated heterocycles. The van der Waals surface area contributed by atoms with Crippen LogP contribution in [-0.2, 0) is 0 Å². The smallest absolute Gasteiger partial charge is 0.256 e. The van der Waals surface area contributed by atoms with E-state index in [9.17, 15) is 9.59 Å². The maximum atomic E-state index is 13.1. The topological polar surface area (TPSA) is 62.3 Å². The predicted octanol–water partition coefficient (Wildman–Crippen LogP) is 4.33. The second-order valence-corrected chi connectivity index (χ2v) is 8.67. The van der Waals surface area contributed by atoms with Crippen LogP contribution in [0.15, 0.2) is 75.4 Å². The molecule has 148 valence electrons. The molecule has 29 heavy (non-hydrogen) atoms. The van der Waals surface area contributed by atoms with Crippen molar-refractivity contribution < 1.29 is 9.59 Å². The van der Waals surface area contributed by atoms with Crippen molar-refractivity contribution in [3.05, 3.63) is 76.6 Å². The van der Waals surface area contributed by atoms with Gasteiger partial charge in [0, 0.05) is 41.2 Å². The Bertz CT molecular complexity index is 969. The van der Waals surface area contributed by atoms with Crippen molar-refractivity contribution in [3.63, 3.8) is 0 Å². The summed E-state index contributed by atoms with van der Waals surface area (Å²) in [5, 5.41) is 7.54. The van der Waals surface area contributed by atoms with Crippen molar-refractivity contribution in [2.45, 2.75) is 28.8 Å². The Labute approximate surface area is 178 Å². The number of nitrogens with one attached hydrogen (secondary N) is 1. The number of nitrogens with zero attached hydrogens (tertiary/aromatic N) is 2. The van der Waals surface area contributed by atoms with Crippen molar-refractivity contribution in [2.75, 3.05) is 13.1 Å². The second kappa shape index (κ2) is 9.24. The number of carbonyl (C=O) groups excluding carboxylic acids is 2. The van der Waals surface area contributed by atoms with Crippen molar-refractivity contribution in [1.29, 1.82) is 0 Å². The number of carbonyl (C=O) groups is 2. The van der Waals surface area contributed by atoms with Crippen LogP contribution in [0.5, 0.6) is 0 Å². The van der Waals surface area contributed by atoms with Gasteiger partial charge in [-0.3, -0.25) is 9.59 Å². The summed E-state index contributed by atoms with van der Waals surface area (Å²) in [6, 6.07) is 15.5. The number of piperidine rings is 1. The van der Waals surface area contributed by atoms with E-state index in [0.29, 0.717) is 24.2 Å². The number of benzene rings is 1. The Kier molecular flexibility index (Phi) is 6.27. The van der Waals surface area contributed by atoms with Crippen LogP contribution in [-0.4, -0.2) is 40.8 Å². The number of rotatable bonds is 5. The quantitative estimate of drug-likeness (QED) is 0.664. The van der Waals surface area contributed by atoms with E-state index in [-0.39, 0.29) is 17.9 Å². The van der Waals surface area contributed by atoms with Gasteiger partial charge in [-0.05, 0) is 48.6 Å². The van der Waals surface area contributed by atoms with Gasteiger partial charge in [0.05, 0.1) is 5.56 Å². The van der Waals surface area contributed by atoms with Gasteiger partial charge in [0.1, 0.15) is 5.03 Å². The minimum atomic E-state index is -0.0372. The highest BCUT2D eigenvalue weighted by molar-refractivity contribution is 7.99. The van der Waals surface area contributed by atoms with Crippen LogP contribution < -0.4 is 5.32 Å². The molecule has 1 aromatic carbocycles. The molecule has 0 spiro atoms. The van der Waals surface area contributed by atoms with Crippen molar-refractivity contribution in [2.24, 2.45) is 0 Å². The molecule has 0 bridgehead atoms. The summed E-state index contributed by atoms with van der Waals surface area (Å²) in [7, 11) is 0. The van der Waals surface area contributed by atoms with Gasteiger partial charge in [-0.1, -0.05) is 30.0 Å². The lowest BCUT2D eigenvalue weighted by Crippen LogP contribution is -2.46. The summed E-state index contributed by atoms with van der Waals surface area (Å²) in [5.41, 5.74) is 1.33. The molecule has 1 aliphatic heterocycles. The van der Waals surface area contributed by atoms with Crippen LogP contribution >= 0.6 is 23.1 Å². The predicted molar refractivity (Wildman–Crippen MR) is 116 cm³/mol. The molecule has 5 nitrogen and oxygen atoms in total. The summed E-state index contributed by atoms with van der Waals surface area (Å²) >= 11 is 3.01. The molecular formula is C22H21N3O2S2. The van der Waals surface area contributed by atoms with E-state index in [1.165, 1.54) is 23.1 Å². The van der Waals surface area contributed by atoms with E-state index in [0.717, 1.165) is 22.8 Å². The highest BCUT2D eigenvalue weighted by Crippen LogP contribution is 2.29. The molecule has 1 aliphatic rings. The zero-order chi connectivity index (χ0) is 20.1. The molecule has 3 aromatic rings. The van der Waals surface area contributed by atoms with Gasteiger partial charge in [-0.15, -0.1) is 0 Å². The molecule has 0 aliphatic carbocycles. The Morgan fingerprint density at radius 3 is 2.59 bits per heavy atom. The van der Waals surface area contributed by atoms with Crippen LogP contribution in [0.3, 0.4) is 0 Å². The number of hydrogen-bond acceptors (Lipinski definition) is 5. The van der Waals surface area contributed by atoms with Gasteiger partial charge < -0.3 is 10.2 Å². The van der Waals surface area contributed by atoms with Gasteiger partial charge in [-0.2, -0.15) is 11.3 Å². The van der Waals surface area contributed by atoms with Crippen LogP contribution in [0.25, 0.3) is 0 Å². The molecule has 0 atom stereocenters. The first-order valence-corrected chi connectivity index (χ1v) is 11.3. The molecule has 1 fully saturated rings. The average molecular weight is 424 g/mol. The van der Waals surface area contributed by atoms with Crippen LogP contribution in [0, 0.1) is 0 Å². The van der Waals surface area contributed by atoms with E-state index in [1.807, 2.05) is 58.1 Å². The van der Waals surface area contributed by atoms with Crippen LogP contribution in [0.2, 0.25) is 0 Å². The van der Waals surface area contributed by atoms with Gasteiger partial charge in [-0.25, -0.2) is 4.98 Å². The third-order valence-corrected chi connectivity index (χ3v) is 6.57. The molecule has 3 heterocycles. The van der Waals surface area contributed by atoms with Crippen molar-refractivity contribution >= 4 is 34.9 Å². The highest BCUT2D eigenvalue weighted by Gasteiger charge is 2.26. The van der Waals surface area contributed by atoms with Crippen LogP contribution in [0.1, 0.15) is 33.6 Å². The minimum absolute atomic E-state index is 0.000794. The maximum Gasteiger partial charge on any atom is 0.256 e. The van der Waals surface area contributed by atoms with Gasteiger partial charge in [0.2, 0.25) is 0 Å².